The van der Waals surface area contributed by atoms with Crippen molar-refractivity contribution in [2.45, 2.75) is 6.92 Å². The molecule has 0 spiro atoms. The average Bonchev–Trinajstić information content (AvgIpc) is 2.92. The lowest BCUT2D eigenvalue weighted by molar-refractivity contribution is -0.131. The molecule has 1 heterocycles. The predicted octanol–water partition coefficient (Wildman–Crippen LogP) is 4.38. The summed E-state index contributed by atoms with van der Waals surface area (Å²) >= 11 is 6.70. The first kappa shape index (κ1) is 20.0. The van der Waals surface area contributed by atoms with Gasteiger partial charge in [0, 0.05) is 11.9 Å². The van der Waals surface area contributed by atoms with E-state index in [1.165, 1.54) is 6.92 Å². The topological polar surface area (TPSA) is 72.9 Å². The van der Waals surface area contributed by atoms with Gasteiger partial charge in [-0.1, -0.05) is 23.7 Å². The smallest absolute Gasteiger partial charge is 0.308 e. The van der Waals surface area contributed by atoms with Crippen LogP contribution in [0.1, 0.15) is 12.5 Å². The summed E-state index contributed by atoms with van der Waals surface area (Å²) in [5.74, 6) is 0.255. The molecule has 0 aliphatic carbocycles. The van der Waals surface area contributed by atoms with Crippen molar-refractivity contribution < 1.29 is 23.9 Å². The molecule has 0 bridgehead atoms. The summed E-state index contributed by atoms with van der Waals surface area (Å²) in [7, 11) is 0. The van der Waals surface area contributed by atoms with Crippen LogP contribution in [0.2, 0.25) is 5.02 Å². The van der Waals surface area contributed by atoms with Crippen LogP contribution in [0, 0.1) is 0 Å². The first-order valence-electron chi connectivity index (χ1n) is 8.34. The second-order valence-corrected chi connectivity index (χ2v) is 7.23. The summed E-state index contributed by atoms with van der Waals surface area (Å²) in [6, 6.07) is 13.5. The van der Waals surface area contributed by atoms with Crippen molar-refractivity contribution in [3.05, 3.63) is 64.0 Å². The normalized spacial score (nSPS) is 15.2. The maximum absolute atomic E-state index is 12.5. The molecule has 0 radical (unpaired) electrons. The molecule has 0 unspecified atom stereocenters. The Labute approximate surface area is 171 Å². The van der Waals surface area contributed by atoms with Gasteiger partial charge in [-0.15, -0.1) is 0 Å². The fourth-order valence-electron chi connectivity index (χ4n) is 2.43. The molecule has 1 aliphatic rings. The fourth-order valence-corrected chi connectivity index (χ4v) is 3.42. The van der Waals surface area contributed by atoms with Crippen LogP contribution in [-0.2, 0) is 9.59 Å². The Hall–Kier alpha value is -2.77. The third-order valence-corrected chi connectivity index (χ3v) is 4.87. The molecule has 0 N–H and O–H groups in total. The maximum atomic E-state index is 12.5. The number of thioether (sulfide) groups is 1. The first-order chi connectivity index (χ1) is 13.4. The number of imide groups is 1. The van der Waals surface area contributed by atoms with Gasteiger partial charge >= 0.3 is 5.97 Å². The fraction of sp³-hybridized carbons (Fsp3) is 0.150. The van der Waals surface area contributed by atoms with Gasteiger partial charge in [0.1, 0.15) is 18.1 Å². The number of rotatable bonds is 6. The van der Waals surface area contributed by atoms with Crippen LogP contribution in [0.3, 0.4) is 0 Å². The Morgan fingerprint density at radius 3 is 2.36 bits per heavy atom. The molecule has 0 saturated carbocycles. The maximum Gasteiger partial charge on any atom is 0.308 e. The van der Waals surface area contributed by atoms with Gasteiger partial charge in [0.2, 0.25) is 0 Å². The quantitative estimate of drug-likeness (QED) is 0.394. The molecule has 0 aromatic heterocycles. The van der Waals surface area contributed by atoms with E-state index in [0.717, 1.165) is 22.2 Å². The van der Waals surface area contributed by atoms with Crippen molar-refractivity contribution in [2.24, 2.45) is 0 Å². The zero-order valence-electron chi connectivity index (χ0n) is 14.9. The van der Waals surface area contributed by atoms with E-state index in [2.05, 4.69) is 0 Å². The monoisotopic (exact) mass is 417 g/mol. The lowest BCUT2D eigenvalue weighted by Crippen LogP contribution is -2.32. The van der Waals surface area contributed by atoms with E-state index in [0.29, 0.717) is 21.4 Å². The van der Waals surface area contributed by atoms with Gasteiger partial charge in [-0.3, -0.25) is 19.3 Å². The minimum absolute atomic E-state index is 0.149. The third-order valence-electron chi connectivity index (χ3n) is 3.71. The molecule has 8 heteroatoms. The standard InChI is InChI=1S/C20H16ClNO5S/c1-13(23)27-17-6-2-14(3-7-17)12-18-19(24)22(20(25)28-18)10-11-26-16-8-4-15(21)5-9-16/h2-9,12H,10-11H2,1H3/b18-12-. The Morgan fingerprint density at radius 2 is 1.71 bits per heavy atom. The number of ether oxygens (including phenoxy) is 2. The predicted molar refractivity (Wildman–Crippen MR) is 107 cm³/mol. The molecule has 2 aromatic carbocycles. The number of carbonyl (C=O) groups is 3. The van der Waals surface area contributed by atoms with E-state index in [1.54, 1.807) is 54.6 Å². The SMILES string of the molecule is CC(=O)Oc1ccc(/C=C2\SC(=O)N(CCOc3ccc(Cl)cc3)C2=O)cc1. The van der Waals surface area contributed by atoms with Gasteiger partial charge in [-0.05, 0) is 59.8 Å². The van der Waals surface area contributed by atoms with Crippen LogP contribution in [-0.4, -0.2) is 35.2 Å². The molecule has 3 rings (SSSR count). The molecule has 28 heavy (non-hydrogen) atoms. The van der Waals surface area contributed by atoms with Gasteiger partial charge in [0.25, 0.3) is 11.1 Å². The Kier molecular flexibility index (Phi) is 6.38. The Morgan fingerprint density at radius 1 is 1.07 bits per heavy atom. The summed E-state index contributed by atoms with van der Waals surface area (Å²) in [4.78, 5) is 37.1. The highest BCUT2D eigenvalue weighted by atomic mass is 35.5. The van der Waals surface area contributed by atoms with Crippen molar-refractivity contribution in [1.29, 1.82) is 0 Å². The number of hydrogen-bond acceptors (Lipinski definition) is 6. The van der Waals surface area contributed by atoms with Crippen molar-refractivity contribution in [2.75, 3.05) is 13.2 Å². The molecule has 0 atom stereocenters. The number of halogens is 1. The average molecular weight is 418 g/mol. The van der Waals surface area contributed by atoms with Crippen molar-refractivity contribution in [3.63, 3.8) is 0 Å². The lowest BCUT2D eigenvalue weighted by Gasteiger charge is -2.13. The van der Waals surface area contributed by atoms with E-state index in [1.807, 2.05) is 0 Å². The molecule has 1 saturated heterocycles. The summed E-state index contributed by atoms with van der Waals surface area (Å²) < 4.78 is 10.5. The molecule has 2 amide bonds. The zero-order valence-corrected chi connectivity index (χ0v) is 16.5. The Bertz CT molecular complexity index is 925. The van der Waals surface area contributed by atoms with E-state index in [-0.39, 0.29) is 24.3 Å². The van der Waals surface area contributed by atoms with Crippen LogP contribution < -0.4 is 9.47 Å². The van der Waals surface area contributed by atoms with Crippen molar-refractivity contribution >= 4 is 46.6 Å². The van der Waals surface area contributed by atoms with E-state index in [9.17, 15) is 14.4 Å². The van der Waals surface area contributed by atoms with Crippen molar-refractivity contribution in [3.8, 4) is 11.5 Å². The highest BCUT2D eigenvalue weighted by Gasteiger charge is 2.34. The summed E-state index contributed by atoms with van der Waals surface area (Å²) in [5.41, 5.74) is 0.721. The minimum atomic E-state index is -0.408. The lowest BCUT2D eigenvalue weighted by atomic mass is 10.2. The van der Waals surface area contributed by atoms with Crippen LogP contribution in [0.5, 0.6) is 11.5 Å². The van der Waals surface area contributed by atoms with Crippen LogP contribution in [0.4, 0.5) is 4.79 Å². The molecule has 6 nitrogen and oxygen atoms in total. The van der Waals surface area contributed by atoms with Gasteiger partial charge in [0.15, 0.2) is 0 Å². The van der Waals surface area contributed by atoms with E-state index < -0.39 is 5.97 Å². The molecular weight excluding hydrogens is 402 g/mol. The van der Waals surface area contributed by atoms with Gasteiger partial charge < -0.3 is 9.47 Å². The highest BCUT2D eigenvalue weighted by Crippen LogP contribution is 2.32. The van der Waals surface area contributed by atoms with Crippen LogP contribution >= 0.6 is 23.4 Å². The molecule has 2 aromatic rings. The molecular formula is C20H16ClNO5S. The van der Waals surface area contributed by atoms with E-state index in [4.69, 9.17) is 21.1 Å². The number of hydrogen-bond donors (Lipinski definition) is 0. The third kappa shape index (κ3) is 5.15. The molecule has 1 aliphatic heterocycles. The van der Waals surface area contributed by atoms with Gasteiger partial charge in [0.05, 0.1) is 11.4 Å². The molecule has 144 valence electrons. The summed E-state index contributed by atoms with van der Waals surface area (Å²) in [6.07, 6.45) is 1.63. The van der Waals surface area contributed by atoms with Gasteiger partial charge in [-0.25, -0.2) is 0 Å². The molecule has 1 fully saturated rings. The van der Waals surface area contributed by atoms with E-state index >= 15 is 0 Å². The second-order valence-electron chi connectivity index (χ2n) is 5.80. The zero-order chi connectivity index (χ0) is 20.1. The summed E-state index contributed by atoms with van der Waals surface area (Å²) in [5, 5.41) is 0.261. The number of carbonyl (C=O) groups excluding carboxylic acids is 3. The van der Waals surface area contributed by atoms with Crippen LogP contribution in [0.15, 0.2) is 53.4 Å². The van der Waals surface area contributed by atoms with Crippen LogP contribution in [0.25, 0.3) is 6.08 Å². The minimum Gasteiger partial charge on any atom is -0.492 e. The van der Waals surface area contributed by atoms with Crippen molar-refractivity contribution in [1.82, 2.24) is 4.90 Å². The largest absolute Gasteiger partial charge is 0.492 e. The summed E-state index contributed by atoms with van der Waals surface area (Å²) in [6.45, 7) is 1.65. The number of esters is 1. The first-order valence-corrected chi connectivity index (χ1v) is 9.54. The second kappa shape index (κ2) is 8.95. The number of amides is 2. The number of benzene rings is 2. The Balaban J connectivity index is 1.60. The number of nitrogens with zero attached hydrogens (tertiary/aromatic N) is 1. The van der Waals surface area contributed by atoms with Gasteiger partial charge in [-0.2, -0.15) is 0 Å². The highest BCUT2D eigenvalue weighted by molar-refractivity contribution is 8.18.